The van der Waals surface area contributed by atoms with Gasteiger partial charge in [-0.25, -0.2) is 9.37 Å². The molecule has 3 heterocycles. The first kappa shape index (κ1) is 17.3. The van der Waals surface area contributed by atoms with Gasteiger partial charge in [0.1, 0.15) is 11.5 Å². The fraction of sp³-hybridized carbons (Fsp3) is 0.238. The zero-order valence-electron chi connectivity index (χ0n) is 14.8. The van der Waals surface area contributed by atoms with Crippen LogP contribution in [0.4, 0.5) is 4.39 Å². The molecule has 6 heteroatoms. The summed E-state index contributed by atoms with van der Waals surface area (Å²) >= 11 is 0. The standard InChI is InChI=1S/C21H19FN4O/c22-16-5-1-4-15(12-16)13-17-6-2-7-18(25-17)20-8-3-11-26(20)21(27)19-14-23-9-10-24-19/h1-2,4-7,9-10,12,14,20H,3,8,11,13H2/t20-/m0/s1. The largest absolute Gasteiger partial charge is 0.329 e. The summed E-state index contributed by atoms with van der Waals surface area (Å²) in [5.74, 6) is -0.372. The molecule has 4 rings (SSSR count). The number of likely N-dealkylation sites (tertiary alicyclic amines) is 1. The third-order valence-corrected chi connectivity index (χ3v) is 4.74. The summed E-state index contributed by atoms with van der Waals surface area (Å²) < 4.78 is 13.4. The van der Waals surface area contributed by atoms with Gasteiger partial charge in [-0.15, -0.1) is 0 Å². The van der Waals surface area contributed by atoms with E-state index in [4.69, 9.17) is 4.98 Å². The van der Waals surface area contributed by atoms with Crippen molar-refractivity contribution < 1.29 is 9.18 Å². The van der Waals surface area contributed by atoms with Gasteiger partial charge >= 0.3 is 0 Å². The predicted molar refractivity (Wildman–Crippen MR) is 98.5 cm³/mol. The molecule has 1 atom stereocenters. The number of halogens is 1. The third-order valence-electron chi connectivity index (χ3n) is 4.74. The molecule has 2 aromatic heterocycles. The molecule has 0 bridgehead atoms. The second kappa shape index (κ2) is 7.61. The summed E-state index contributed by atoms with van der Waals surface area (Å²) in [6.07, 6.45) is 6.91. The number of aromatic nitrogens is 3. The summed E-state index contributed by atoms with van der Waals surface area (Å²) in [5, 5.41) is 0. The van der Waals surface area contributed by atoms with Crippen LogP contribution in [-0.2, 0) is 6.42 Å². The molecule has 1 fully saturated rings. The maximum absolute atomic E-state index is 13.4. The normalized spacial score (nSPS) is 16.5. The van der Waals surface area contributed by atoms with Gasteiger partial charge in [-0.2, -0.15) is 0 Å². The van der Waals surface area contributed by atoms with E-state index in [1.165, 1.54) is 24.5 Å². The van der Waals surface area contributed by atoms with Crippen molar-refractivity contribution in [2.45, 2.75) is 25.3 Å². The van der Waals surface area contributed by atoms with Gasteiger partial charge in [0.25, 0.3) is 5.91 Å². The van der Waals surface area contributed by atoms with Crippen LogP contribution < -0.4 is 0 Å². The molecule has 0 aliphatic carbocycles. The number of nitrogens with zero attached hydrogens (tertiary/aromatic N) is 4. The lowest BCUT2D eigenvalue weighted by molar-refractivity contribution is 0.0726. The van der Waals surface area contributed by atoms with Gasteiger partial charge < -0.3 is 4.90 Å². The zero-order valence-corrected chi connectivity index (χ0v) is 14.8. The van der Waals surface area contributed by atoms with Crippen LogP contribution in [0.15, 0.2) is 61.1 Å². The first-order valence-electron chi connectivity index (χ1n) is 8.98. The Hall–Kier alpha value is -3.15. The SMILES string of the molecule is O=C(c1cnccn1)N1CCC[C@H]1c1cccc(Cc2cccc(F)c2)n1. The highest BCUT2D eigenvalue weighted by atomic mass is 19.1. The molecule has 1 aliphatic heterocycles. The van der Waals surface area contributed by atoms with E-state index in [0.717, 1.165) is 29.8 Å². The minimum absolute atomic E-state index is 0.0769. The second-order valence-corrected chi connectivity index (χ2v) is 6.61. The highest BCUT2D eigenvalue weighted by molar-refractivity contribution is 5.92. The lowest BCUT2D eigenvalue weighted by Crippen LogP contribution is -2.31. The zero-order chi connectivity index (χ0) is 18.6. The predicted octanol–water partition coefficient (Wildman–Crippen LogP) is 3.58. The van der Waals surface area contributed by atoms with Gasteiger partial charge in [-0.3, -0.25) is 14.8 Å². The highest BCUT2D eigenvalue weighted by Gasteiger charge is 2.32. The summed E-state index contributed by atoms with van der Waals surface area (Å²) in [7, 11) is 0. The number of amides is 1. The average molecular weight is 362 g/mol. The Morgan fingerprint density at radius 2 is 2.07 bits per heavy atom. The maximum atomic E-state index is 13.4. The summed E-state index contributed by atoms with van der Waals surface area (Å²) in [5.41, 5.74) is 2.94. The van der Waals surface area contributed by atoms with Crippen molar-refractivity contribution >= 4 is 5.91 Å². The molecule has 0 N–H and O–H groups in total. The molecule has 1 aliphatic rings. The van der Waals surface area contributed by atoms with Gasteiger partial charge in [0.15, 0.2) is 0 Å². The Morgan fingerprint density at radius 3 is 2.89 bits per heavy atom. The Bertz CT molecular complexity index is 948. The monoisotopic (exact) mass is 362 g/mol. The van der Waals surface area contributed by atoms with Crippen molar-refractivity contribution in [2.75, 3.05) is 6.54 Å². The third kappa shape index (κ3) is 3.84. The first-order chi connectivity index (χ1) is 13.2. The van der Waals surface area contributed by atoms with E-state index in [9.17, 15) is 9.18 Å². The van der Waals surface area contributed by atoms with Crippen molar-refractivity contribution in [2.24, 2.45) is 0 Å². The number of hydrogen-bond acceptors (Lipinski definition) is 4. The van der Waals surface area contributed by atoms with Crippen molar-refractivity contribution in [1.82, 2.24) is 19.9 Å². The van der Waals surface area contributed by atoms with Crippen LogP contribution >= 0.6 is 0 Å². The Balaban J connectivity index is 1.56. The minimum atomic E-state index is -0.250. The molecule has 1 saturated heterocycles. The van der Waals surface area contributed by atoms with E-state index in [-0.39, 0.29) is 17.8 Å². The first-order valence-corrected chi connectivity index (χ1v) is 8.98. The van der Waals surface area contributed by atoms with Crippen LogP contribution in [-0.4, -0.2) is 32.3 Å². The number of benzene rings is 1. The van der Waals surface area contributed by atoms with Gasteiger partial charge in [0, 0.05) is 31.1 Å². The van der Waals surface area contributed by atoms with Crippen LogP contribution in [0.1, 0.15) is 46.3 Å². The molecule has 5 nitrogen and oxygen atoms in total. The molecular formula is C21H19FN4O. The molecule has 1 aromatic carbocycles. The van der Waals surface area contributed by atoms with E-state index in [1.54, 1.807) is 12.3 Å². The Morgan fingerprint density at radius 1 is 1.19 bits per heavy atom. The molecule has 0 saturated carbocycles. The molecule has 1 amide bonds. The van der Waals surface area contributed by atoms with Crippen LogP contribution in [0.2, 0.25) is 0 Å². The quantitative estimate of drug-likeness (QED) is 0.712. The smallest absolute Gasteiger partial charge is 0.274 e. The maximum Gasteiger partial charge on any atom is 0.274 e. The summed E-state index contributed by atoms with van der Waals surface area (Å²) in [6, 6.07) is 12.3. The molecule has 27 heavy (non-hydrogen) atoms. The molecule has 0 radical (unpaired) electrons. The number of pyridine rings is 1. The van der Waals surface area contributed by atoms with Crippen molar-refractivity contribution in [3.63, 3.8) is 0 Å². The van der Waals surface area contributed by atoms with Crippen molar-refractivity contribution in [1.29, 1.82) is 0 Å². The minimum Gasteiger partial charge on any atom is -0.329 e. The fourth-order valence-corrected chi connectivity index (χ4v) is 3.51. The van der Waals surface area contributed by atoms with Gasteiger partial charge in [0.05, 0.1) is 17.9 Å². The van der Waals surface area contributed by atoms with E-state index < -0.39 is 0 Å². The van der Waals surface area contributed by atoms with Crippen LogP contribution in [0, 0.1) is 5.82 Å². The topological polar surface area (TPSA) is 59.0 Å². The molecule has 0 unspecified atom stereocenters. The number of carbonyl (C=O) groups is 1. The number of hydrogen-bond donors (Lipinski definition) is 0. The molecule has 3 aromatic rings. The van der Waals surface area contributed by atoms with Crippen LogP contribution in [0.3, 0.4) is 0 Å². The lowest BCUT2D eigenvalue weighted by Gasteiger charge is -2.24. The fourth-order valence-electron chi connectivity index (χ4n) is 3.51. The van der Waals surface area contributed by atoms with Crippen molar-refractivity contribution in [3.05, 3.63) is 89.5 Å². The molecule has 136 valence electrons. The number of rotatable bonds is 4. The average Bonchev–Trinajstić information content (AvgIpc) is 3.18. The van der Waals surface area contributed by atoms with Gasteiger partial charge in [0.2, 0.25) is 0 Å². The van der Waals surface area contributed by atoms with E-state index in [0.29, 0.717) is 18.7 Å². The van der Waals surface area contributed by atoms with Crippen LogP contribution in [0.5, 0.6) is 0 Å². The van der Waals surface area contributed by atoms with E-state index >= 15 is 0 Å². The van der Waals surface area contributed by atoms with Gasteiger partial charge in [-0.1, -0.05) is 18.2 Å². The Kier molecular flexibility index (Phi) is 4.87. The molecule has 0 spiro atoms. The Labute approximate surface area is 156 Å². The second-order valence-electron chi connectivity index (χ2n) is 6.61. The van der Waals surface area contributed by atoms with E-state index in [2.05, 4.69) is 9.97 Å². The van der Waals surface area contributed by atoms with Gasteiger partial charge in [-0.05, 0) is 42.7 Å². The highest BCUT2D eigenvalue weighted by Crippen LogP contribution is 2.32. The molecular weight excluding hydrogens is 343 g/mol. The van der Waals surface area contributed by atoms with Crippen molar-refractivity contribution in [3.8, 4) is 0 Å². The van der Waals surface area contributed by atoms with E-state index in [1.807, 2.05) is 29.2 Å². The number of carbonyl (C=O) groups excluding carboxylic acids is 1. The summed E-state index contributed by atoms with van der Waals surface area (Å²) in [6.45, 7) is 0.676. The van der Waals surface area contributed by atoms with Crippen LogP contribution in [0.25, 0.3) is 0 Å². The summed E-state index contributed by atoms with van der Waals surface area (Å²) in [4.78, 5) is 27.5. The lowest BCUT2D eigenvalue weighted by atomic mass is 10.1.